The zero-order valence-corrected chi connectivity index (χ0v) is 17.8. The molecule has 0 saturated heterocycles. The fourth-order valence-corrected chi connectivity index (χ4v) is 1.45. The van der Waals surface area contributed by atoms with Crippen molar-refractivity contribution in [1.82, 2.24) is 9.80 Å². The molecule has 23 heavy (non-hydrogen) atoms. The van der Waals surface area contributed by atoms with E-state index in [0.717, 1.165) is 9.80 Å². The summed E-state index contributed by atoms with van der Waals surface area (Å²) in [4.78, 5) is 43.7. The summed E-state index contributed by atoms with van der Waals surface area (Å²) in [6.45, 7) is -3.00. The topological polar surface area (TPSA) is 164 Å². The number of hydrogen-bond acceptors (Lipinski definition) is 9. The van der Waals surface area contributed by atoms with Gasteiger partial charge >= 0.3 is 76.8 Å². The molecule has 0 spiro atoms. The Morgan fingerprint density at radius 1 is 0.739 bits per heavy atom. The summed E-state index contributed by atoms with van der Waals surface area (Å²) in [5, 5.41) is 39.8. The Kier molecular flexibility index (Phi) is 23.3. The third-order valence-corrected chi connectivity index (χ3v) is 2.15. The van der Waals surface area contributed by atoms with Crippen molar-refractivity contribution in [3.05, 3.63) is 0 Å². The molecule has 0 atom stereocenters. The fourth-order valence-electron chi connectivity index (χ4n) is 1.45. The molecule has 0 aromatic heterocycles. The molecule has 0 unspecified atom stereocenters. The van der Waals surface area contributed by atoms with Gasteiger partial charge in [-0.25, -0.2) is 0 Å². The number of hydrogen-bond donors (Lipinski definition) is 1. The molecule has 1 N–H and O–H groups in total. The Bertz CT molecular complexity index is 333. The van der Waals surface area contributed by atoms with Gasteiger partial charge in [-0.2, -0.15) is 0 Å². The second-order valence-electron chi connectivity index (χ2n) is 3.93. The minimum absolute atomic E-state index is 0. The second kappa shape index (κ2) is 17.2. The van der Waals surface area contributed by atoms with Crippen LogP contribution in [0.25, 0.3) is 0 Å². The van der Waals surface area contributed by atoms with Crippen molar-refractivity contribution < 1.29 is 123 Å². The van der Waals surface area contributed by atoms with Crippen LogP contribution >= 0.6 is 0 Å². The Morgan fingerprint density at radius 2 is 1.00 bits per heavy atom. The van der Waals surface area contributed by atoms with Crippen LogP contribution in [0.3, 0.4) is 0 Å². The number of carbonyl (C=O) groups excluding carboxylic acids is 3. The van der Waals surface area contributed by atoms with E-state index < -0.39 is 50.1 Å². The van der Waals surface area contributed by atoms with Crippen LogP contribution in [-0.2, 0) is 38.7 Å². The minimum atomic E-state index is -1.52. The van der Waals surface area contributed by atoms with E-state index in [9.17, 15) is 34.5 Å². The normalized spacial score (nSPS) is 9.30. The van der Waals surface area contributed by atoms with Gasteiger partial charge < -0.3 is 47.2 Å². The van der Waals surface area contributed by atoms with E-state index in [4.69, 9.17) is 5.11 Å². The number of aliphatic carboxylic acids is 4. The van der Waals surface area contributed by atoms with E-state index >= 15 is 0 Å². The maximum absolute atomic E-state index is 10.5. The molecule has 0 amide bonds. The van der Waals surface area contributed by atoms with Gasteiger partial charge in [-0.05, 0) is 0 Å². The summed E-state index contributed by atoms with van der Waals surface area (Å²) in [6, 6.07) is 0. The monoisotopic (exact) mass is 465 g/mol. The molecule has 10 nitrogen and oxygen atoms in total. The molecule has 127 valence electrons. The van der Waals surface area contributed by atoms with Crippen molar-refractivity contribution in [1.29, 1.82) is 0 Å². The maximum atomic E-state index is 10.5. The van der Waals surface area contributed by atoms with Crippen LogP contribution in [0, 0.1) is 0 Å². The molecular formula is C10H13ClKN2O8Ru. The third-order valence-electron chi connectivity index (χ3n) is 2.15. The molecule has 0 bridgehead atoms. The second-order valence-corrected chi connectivity index (χ2v) is 3.93. The van der Waals surface area contributed by atoms with Crippen LogP contribution < -0.4 is 79.1 Å². The van der Waals surface area contributed by atoms with Crippen LogP contribution in [0.2, 0.25) is 0 Å². The van der Waals surface area contributed by atoms with Crippen molar-refractivity contribution in [3.63, 3.8) is 0 Å². The first kappa shape index (κ1) is 31.2. The van der Waals surface area contributed by atoms with Crippen LogP contribution in [0.4, 0.5) is 0 Å². The largest absolute Gasteiger partial charge is 3.00 e. The van der Waals surface area contributed by atoms with Crippen LogP contribution in [0.5, 0.6) is 0 Å². The Balaban J connectivity index is -0.000000602. The van der Waals surface area contributed by atoms with Gasteiger partial charge in [-0.3, -0.25) is 14.6 Å². The maximum Gasteiger partial charge on any atom is 3.00 e. The molecule has 0 aliphatic heterocycles. The van der Waals surface area contributed by atoms with Gasteiger partial charge in [-0.1, -0.05) is 0 Å². The zero-order chi connectivity index (χ0) is 15.7. The molecule has 0 saturated carbocycles. The molecule has 0 aromatic carbocycles. The van der Waals surface area contributed by atoms with Gasteiger partial charge in [0.25, 0.3) is 0 Å². The van der Waals surface area contributed by atoms with E-state index in [2.05, 4.69) is 0 Å². The predicted molar refractivity (Wildman–Crippen MR) is 55.5 cm³/mol. The molecule has 0 fully saturated rings. The van der Waals surface area contributed by atoms with E-state index in [1.165, 1.54) is 0 Å². The number of carboxylic acids is 4. The van der Waals surface area contributed by atoms with E-state index in [1.54, 1.807) is 0 Å². The van der Waals surface area contributed by atoms with Gasteiger partial charge in [0.1, 0.15) is 0 Å². The third kappa shape index (κ3) is 20.3. The summed E-state index contributed by atoms with van der Waals surface area (Å²) < 4.78 is 0. The van der Waals surface area contributed by atoms with Crippen molar-refractivity contribution >= 4 is 23.9 Å². The Hall–Kier alpha value is 0.350. The molecule has 13 heteroatoms. The first-order chi connectivity index (χ1) is 9.20. The molecular weight excluding hydrogens is 452 g/mol. The van der Waals surface area contributed by atoms with Crippen molar-refractivity contribution in [2.75, 3.05) is 39.3 Å². The average molecular weight is 465 g/mol. The first-order valence-corrected chi connectivity index (χ1v) is 5.46. The summed E-state index contributed by atoms with van der Waals surface area (Å²) >= 11 is 0. The number of nitrogens with zero attached hydrogens (tertiary/aromatic N) is 2. The smallest absolute Gasteiger partial charge is 1.00 e. The van der Waals surface area contributed by atoms with Crippen molar-refractivity contribution in [2.24, 2.45) is 0 Å². The van der Waals surface area contributed by atoms with Gasteiger partial charge in [-0.15, -0.1) is 0 Å². The van der Waals surface area contributed by atoms with Crippen LogP contribution in [0.15, 0.2) is 0 Å². The average Bonchev–Trinajstić information content (AvgIpc) is 2.22. The number of carboxylic acid groups (broad SMARTS) is 4. The van der Waals surface area contributed by atoms with Crippen molar-refractivity contribution in [2.45, 2.75) is 0 Å². The van der Waals surface area contributed by atoms with Crippen LogP contribution in [0.1, 0.15) is 0 Å². The summed E-state index contributed by atoms with van der Waals surface area (Å²) in [7, 11) is 0. The Morgan fingerprint density at radius 3 is 1.22 bits per heavy atom. The molecule has 0 rings (SSSR count). The minimum Gasteiger partial charge on any atom is -1.00 e. The Labute approximate surface area is 193 Å². The molecule has 0 aliphatic rings. The van der Waals surface area contributed by atoms with Gasteiger partial charge in [0.15, 0.2) is 0 Å². The molecule has 0 aliphatic carbocycles. The molecule has 0 aromatic rings. The number of carbonyl (C=O) groups is 4. The fraction of sp³-hybridized carbons (Fsp3) is 0.600. The van der Waals surface area contributed by atoms with Gasteiger partial charge in [0.05, 0.1) is 24.5 Å². The number of rotatable bonds is 11. The van der Waals surface area contributed by atoms with Crippen molar-refractivity contribution in [3.8, 4) is 0 Å². The van der Waals surface area contributed by atoms with E-state index in [1.807, 2.05) is 0 Å². The standard InChI is InChI=1S/C10H16N2O8.ClH.K.Ru/c13-7(14)3-11(4-8(15)16)1-2-12(5-9(17)18)6-10(19)20;;;/h1-6H2,(H,13,14)(H,15,16)(H,17,18)(H,19,20);1H;;/q;;+1;+3/p-4. The summed E-state index contributed by atoms with van der Waals surface area (Å²) in [6.07, 6.45) is 0. The first-order valence-electron chi connectivity index (χ1n) is 5.46. The SMILES string of the molecule is O=C([O-])CN(CCN(CC(=O)[O-])CC(=O)O)CC(=O)[O-].[Cl-].[K+].[Ru+3]. The van der Waals surface area contributed by atoms with Gasteiger partial charge in [0, 0.05) is 32.7 Å². The number of halogens is 1. The molecule has 1 radical (unpaired) electrons. The molecule has 0 heterocycles. The predicted octanol–water partition coefficient (Wildman–Crippen LogP) is -12.1. The summed E-state index contributed by atoms with van der Waals surface area (Å²) in [5.41, 5.74) is 0. The van der Waals surface area contributed by atoms with E-state index in [0.29, 0.717) is 0 Å². The quantitative estimate of drug-likeness (QED) is 0.290. The summed E-state index contributed by atoms with van der Waals surface area (Å²) in [5.74, 6) is -5.82. The zero-order valence-electron chi connectivity index (χ0n) is 12.2. The van der Waals surface area contributed by atoms with Crippen LogP contribution in [-0.4, -0.2) is 78.1 Å². The van der Waals surface area contributed by atoms with Gasteiger partial charge in [0.2, 0.25) is 0 Å². The van der Waals surface area contributed by atoms with E-state index in [-0.39, 0.29) is 96.4 Å².